The van der Waals surface area contributed by atoms with Crippen molar-refractivity contribution in [1.82, 2.24) is 15.2 Å². The monoisotopic (exact) mass is 399 g/mol. The molecular formula is C18H17N5O2S2. The number of hydrogen-bond donors (Lipinski definition) is 1. The van der Waals surface area contributed by atoms with E-state index in [2.05, 4.69) is 15.3 Å². The Hall–Kier alpha value is -2.65. The lowest BCUT2D eigenvalue weighted by Gasteiger charge is -2.19. The van der Waals surface area contributed by atoms with Crippen LogP contribution in [0.5, 0.6) is 0 Å². The van der Waals surface area contributed by atoms with Crippen molar-refractivity contribution in [3.05, 3.63) is 59.5 Å². The third-order valence-corrected chi connectivity index (χ3v) is 6.03. The van der Waals surface area contributed by atoms with Gasteiger partial charge in [0.2, 0.25) is 5.13 Å². The summed E-state index contributed by atoms with van der Waals surface area (Å²) in [5.74, 6) is 0.813. The Bertz CT molecular complexity index is 966. The summed E-state index contributed by atoms with van der Waals surface area (Å²) >= 11 is 2.57. The summed E-state index contributed by atoms with van der Waals surface area (Å²) in [6.45, 7) is 2.04. The van der Waals surface area contributed by atoms with Gasteiger partial charge in [-0.1, -0.05) is 52.9 Å². The number of nitrogens with zero attached hydrogens (tertiary/aromatic N) is 4. The number of carbonyl (C=O) groups is 1. The van der Waals surface area contributed by atoms with Crippen LogP contribution in [-0.4, -0.2) is 32.6 Å². The largest absolute Gasteiger partial charge is 0.467 e. The molecule has 9 heteroatoms. The van der Waals surface area contributed by atoms with E-state index in [0.29, 0.717) is 15.9 Å². The fourth-order valence-electron chi connectivity index (χ4n) is 2.83. The number of hydrogen-bond acceptors (Lipinski definition) is 8. The molecule has 0 aliphatic carbocycles. The van der Waals surface area contributed by atoms with Gasteiger partial charge in [0, 0.05) is 6.42 Å². The average molecular weight is 400 g/mol. The molecule has 1 aliphatic heterocycles. The Morgan fingerprint density at radius 1 is 1.33 bits per heavy atom. The molecule has 7 nitrogen and oxygen atoms in total. The van der Waals surface area contributed by atoms with Gasteiger partial charge in [0.05, 0.1) is 17.7 Å². The number of benzene rings is 1. The number of amides is 1. The van der Waals surface area contributed by atoms with Crippen LogP contribution in [0.25, 0.3) is 0 Å². The Kier molecular flexibility index (Phi) is 4.95. The molecule has 1 aromatic carbocycles. The Morgan fingerprint density at radius 3 is 2.81 bits per heavy atom. The van der Waals surface area contributed by atoms with Gasteiger partial charge >= 0.3 is 0 Å². The molecule has 2 N–H and O–H groups in total. The third kappa shape index (κ3) is 3.88. The number of nitrogens with two attached hydrogens (primary N) is 1. The summed E-state index contributed by atoms with van der Waals surface area (Å²) in [4.78, 5) is 12.8. The van der Waals surface area contributed by atoms with Crippen LogP contribution in [0.1, 0.15) is 29.3 Å². The first-order valence-electron chi connectivity index (χ1n) is 8.32. The first-order chi connectivity index (χ1) is 13.1. The Morgan fingerprint density at radius 2 is 2.15 bits per heavy atom. The number of rotatable bonds is 5. The van der Waals surface area contributed by atoms with E-state index in [0.717, 1.165) is 17.0 Å². The molecule has 2 aromatic heterocycles. The first kappa shape index (κ1) is 17.7. The van der Waals surface area contributed by atoms with Crippen molar-refractivity contribution in [2.75, 3.05) is 11.5 Å². The van der Waals surface area contributed by atoms with E-state index in [9.17, 15) is 4.79 Å². The second-order valence-electron chi connectivity index (χ2n) is 6.08. The fraction of sp³-hybridized carbons (Fsp3) is 0.222. The van der Waals surface area contributed by atoms with Gasteiger partial charge in [0.25, 0.3) is 5.91 Å². The standard InChI is InChI=1S/C18H17N5O2S2/c1-11-4-6-12(7-5-11)13-9-14(15-3-2-8-25-15)23(22-13)16(24)10-26-18-21-20-17(19)27-18/h2-8,14H,9-10H2,1H3,(H2,19,20)/t14-/m0/s1. The van der Waals surface area contributed by atoms with E-state index < -0.39 is 0 Å². The predicted molar refractivity (Wildman–Crippen MR) is 106 cm³/mol. The van der Waals surface area contributed by atoms with Crippen LogP contribution < -0.4 is 5.73 Å². The van der Waals surface area contributed by atoms with Crippen molar-refractivity contribution in [1.29, 1.82) is 0 Å². The quantitative estimate of drug-likeness (QED) is 0.660. The van der Waals surface area contributed by atoms with Gasteiger partial charge in [0.1, 0.15) is 11.8 Å². The fourth-order valence-corrected chi connectivity index (χ4v) is 4.32. The van der Waals surface area contributed by atoms with Gasteiger partial charge in [-0.25, -0.2) is 5.01 Å². The summed E-state index contributed by atoms with van der Waals surface area (Å²) < 4.78 is 6.22. The molecule has 0 bridgehead atoms. The molecule has 0 fully saturated rings. The van der Waals surface area contributed by atoms with Crippen LogP contribution in [0.3, 0.4) is 0 Å². The lowest BCUT2D eigenvalue weighted by molar-refractivity contribution is -0.130. The summed E-state index contributed by atoms with van der Waals surface area (Å²) in [5.41, 5.74) is 8.65. The maximum atomic E-state index is 12.8. The van der Waals surface area contributed by atoms with Crippen LogP contribution in [-0.2, 0) is 4.79 Å². The van der Waals surface area contributed by atoms with Crippen molar-refractivity contribution < 1.29 is 9.21 Å². The Balaban J connectivity index is 1.55. The van der Waals surface area contributed by atoms with E-state index in [-0.39, 0.29) is 17.7 Å². The molecule has 0 saturated carbocycles. The highest BCUT2D eigenvalue weighted by Gasteiger charge is 2.34. The van der Waals surface area contributed by atoms with Gasteiger partial charge in [-0.3, -0.25) is 4.79 Å². The van der Waals surface area contributed by atoms with Crippen molar-refractivity contribution in [3.63, 3.8) is 0 Å². The van der Waals surface area contributed by atoms with E-state index in [1.54, 1.807) is 6.26 Å². The molecule has 0 spiro atoms. The normalized spacial score (nSPS) is 16.6. The number of aryl methyl sites for hydroxylation is 1. The van der Waals surface area contributed by atoms with Gasteiger partial charge in [-0.15, -0.1) is 10.2 Å². The van der Waals surface area contributed by atoms with E-state index in [1.165, 1.54) is 33.7 Å². The van der Waals surface area contributed by atoms with Gasteiger partial charge < -0.3 is 10.2 Å². The SMILES string of the molecule is Cc1ccc(C2=NN(C(=O)CSc3nnc(N)s3)[C@H](c3ccco3)C2)cc1. The molecule has 0 saturated heterocycles. The topological polar surface area (TPSA) is 97.6 Å². The minimum Gasteiger partial charge on any atom is -0.467 e. The van der Waals surface area contributed by atoms with Crippen molar-refractivity contribution >= 4 is 39.8 Å². The maximum absolute atomic E-state index is 12.8. The van der Waals surface area contributed by atoms with E-state index in [4.69, 9.17) is 10.2 Å². The summed E-state index contributed by atoms with van der Waals surface area (Å²) in [6, 6.07) is 11.6. The van der Waals surface area contributed by atoms with Crippen LogP contribution in [0.4, 0.5) is 5.13 Å². The molecule has 1 amide bonds. The second kappa shape index (κ2) is 7.53. The molecule has 3 aromatic rings. The lowest BCUT2D eigenvalue weighted by atomic mass is 10.0. The smallest absolute Gasteiger partial charge is 0.253 e. The highest BCUT2D eigenvalue weighted by Crippen LogP contribution is 2.34. The van der Waals surface area contributed by atoms with Gasteiger partial charge in [0.15, 0.2) is 4.34 Å². The summed E-state index contributed by atoms with van der Waals surface area (Å²) in [6.07, 6.45) is 2.22. The zero-order valence-corrected chi connectivity index (χ0v) is 16.2. The number of nitrogen functional groups attached to an aromatic ring is 1. The van der Waals surface area contributed by atoms with Crippen LogP contribution in [0.2, 0.25) is 0 Å². The summed E-state index contributed by atoms with van der Waals surface area (Å²) in [7, 11) is 0. The molecule has 0 unspecified atom stereocenters. The van der Waals surface area contributed by atoms with Gasteiger partial charge in [-0.05, 0) is 24.6 Å². The third-order valence-electron chi connectivity index (χ3n) is 4.16. The minimum atomic E-state index is -0.246. The van der Waals surface area contributed by atoms with Gasteiger partial charge in [-0.2, -0.15) is 5.10 Å². The predicted octanol–water partition coefficient (Wildman–Crippen LogP) is 3.49. The molecule has 138 valence electrons. The number of anilines is 1. The summed E-state index contributed by atoms with van der Waals surface area (Å²) in [5, 5.41) is 14.2. The maximum Gasteiger partial charge on any atom is 0.253 e. The number of thioether (sulfide) groups is 1. The number of aromatic nitrogens is 2. The molecule has 3 heterocycles. The molecule has 4 rings (SSSR count). The van der Waals surface area contributed by atoms with Crippen LogP contribution in [0, 0.1) is 6.92 Å². The van der Waals surface area contributed by atoms with Crippen molar-refractivity contribution in [2.24, 2.45) is 5.10 Å². The van der Waals surface area contributed by atoms with E-state index >= 15 is 0 Å². The van der Waals surface area contributed by atoms with Crippen LogP contribution >= 0.6 is 23.1 Å². The number of carbonyl (C=O) groups excluding carboxylic acids is 1. The second-order valence-corrected chi connectivity index (χ2v) is 8.31. The van der Waals surface area contributed by atoms with Crippen molar-refractivity contribution in [2.45, 2.75) is 23.7 Å². The molecule has 27 heavy (non-hydrogen) atoms. The minimum absolute atomic E-state index is 0.114. The molecule has 1 aliphatic rings. The van der Waals surface area contributed by atoms with Crippen LogP contribution in [0.15, 0.2) is 56.5 Å². The first-order valence-corrected chi connectivity index (χ1v) is 10.1. The zero-order chi connectivity index (χ0) is 18.8. The molecule has 0 radical (unpaired) electrons. The Labute approximate surface area is 164 Å². The van der Waals surface area contributed by atoms with E-state index in [1.807, 2.05) is 43.3 Å². The van der Waals surface area contributed by atoms with Crippen molar-refractivity contribution in [3.8, 4) is 0 Å². The molecule has 1 atom stereocenters. The highest BCUT2D eigenvalue weighted by molar-refractivity contribution is 8.01. The highest BCUT2D eigenvalue weighted by atomic mass is 32.2. The number of furan rings is 1. The average Bonchev–Trinajstić information content (AvgIpc) is 3.40. The zero-order valence-electron chi connectivity index (χ0n) is 14.5. The molecular weight excluding hydrogens is 382 g/mol. The lowest BCUT2D eigenvalue weighted by Crippen LogP contribution is -2.28. The number of hydrazone groups is 1.